The van der Waals surface area contributed by atoms with Gasteiger partial charge >= 0.3 is 5.97 Å². The summed E-state index contributed by atoms with van der Waals surface area (Å²) in [4.78, 5) is 10.6. The molecular formula is C10H9ClO2. The lowest BCUT2D eigenvalue weighted by Gasteiger charge is -2.00. The minimum Gasteiger partial charge on any atom is -0.478 e. The van der Waals surface area contributed by atoms with Crippen LogP contribution in [0.25, 0.3) is 5.03 Å². The molecule has 0 spiro atoms. The standard InChI is InChI=1S/C10H9ClO2/c1-7(10(12)13)9(11)8-5-3-2-4-6-8/h2-6H,1H3,(H,12,13). The Kier molecular flexibility index (Phi) is 3.09. The van der Waals surface area contributed by atoms with Crippen LogP contribution in [-0.2, 0) is 4.79 Å². The van der Waals surface area contributed by atoms with Gasteiger partial charge in [0.25, 0.3) is 0 Å². The minimum absolute atomic E-state index is 0.160. The molecule has 0 amide bonds. The van der Waals surface area contributed by atoms with Gasteiger partial charge < -0.3 is 5.11 Å². The van der Waals surface area contributed by atoms with Crippen molar-refractivity contribution in [2.75, 3.05) is 0 Å². The van der Waals surface area contributed by atoms with Crippen LogP contribution in [0, 0.1) is 0 Å². The molecule has 0 saturated carbocycles. The number of carbonyl (C=O) groups is 1. The Morgan fingerprint density at radius 2 is 1.85 bits per heavy atom. The van der Waals surface area contributed by atoms with Gasteiger partial charge in [-0.3, -0.25) is 0 Å². The number of rotatable bonds is 2. The molecule has 0 aliphatic heterocycles. The third-order valence-electron chi connectivity index (χ3n) is 1.68. The highest BCUT2D eigenvalue weighted by molar-refractivity contribution is 6.50. The number of carboxylic acids is 1. The summed E-state index contributed by atoms with van der Waals surface area (Å²) in [5, 5.41) is 8.96. The summed E-state index contributed by atoms with van der Waals surface area (Å²) in [6.07, 6.45) is 0. The maximum atomic E-state index is 10.6. The van der Waals surface area contributed by atoms with E-state index < -0.39 is 5.97 Å². The fourth-order valence-corrected chi connectivity index (χ4v) is 1.10. The summed E-state index contributed by atoms with van der Waals surface area (Å²) in [7, 11) is 0. The summed E-state index contributed by atoms with van der Waals surface area (Å²) in [6.45, 7) is 1.48. The molecule has 0 aliphatic carbocycles. The number of carboxylic acid groups (broad SMARTS) is 1. The molecule has 1 N–H and O–H groups in total. The van der Waals surface area contributed by atoms with E-state index >= 15 is 0 Å². The van der Waals surface area contributed by atoms with E-state index in [4.69, 9.17) is 16.7 Å². The van der Waals surface area contributed by atoms with Gasteiger partial charge in [-0.05, 0) is 12.5 Å². The van der Waals surface area contributed by atoms with E-state index in [9.17, 15) is 4.79 Å². The van der Waals surface area contributed by atoms with Crippen LogP contribution in [0.4, 0.5) is 0 Å². The highest BCUT2D eigenvalue weighted by Gasteiger charge is 2.08. The third-order valence-corrected chi connectivity index (χ3v) is 2.18. The van der Waals surface area contributed by atoms with Gasteiger partial charge in [-0.25, -0.2) is 4.79 Å². The van der Waals surface area contributed by atoms with Crippen molar-refractivity contribution in [3.63, 3.8) is 0 Å². The zero-order valence-corrected chi connectivity index (χ0v) is 7.88. The highest BCUT2D eigenvalue weighted by Crippen LogP contribution is 2.22. The Hall–Kier alpha value is -1.28. The average molecular weight is 197 g/mol. The zero-order valence-electron chi connectivity index (χ0n) is 7.12. The molecule has 0 bridgehead atoms. The molecule has 0 aromatic heterocycles. The molecule has 0 radical (unpaired) electrons. The van der Waals surface area contributed by atoms with Gasteiger partial charge in [-0.15, -0.1) is 0 Å². The van der Waals surface area contributed by atoms with Crippen LogP contribution in [0.15, 0.2) is 35.9 Å². The van der Waals surface area contributed by atoms with Gasteiger partial charge in [-0.1, -0.05) is 41.9 Å². The highest BCUT2D eigenvalue weighted by atomic mass is 35.5. The molecular weight excluding hydrogens is 188 g/mol. The van der Waals surface area contributed by atoms with Gasteiger partial charge in [0.1, 0.15) is 0 Å². The van der Waals surface area contributed by atoms with E-state index in [0.29, 0.717) is 0 Å². The second-order valence-electron chi connectivity index (χ2n) is 2.61. The van der Waals surface area contributed by atoms with E-state index in [2.05, 4.69) is 0 Å². The summed E-state index contributed by atoms with van der Waals surface area (Å²) < 4.78 is 0. The Morgan fingerprint density at radius 3 is 2.31 bits per heavy atom. The smallest absolute Gasteiger partial charge is 0.332 e. The molecule has 0 unspecified atom stereocenters. The fraction of sp³-hybridized carbons (Fsp3) is 0.100. The molecule has 0 aliphatic rings. The lowest BCUT2D eigenvalue weighted by atomic mass is 10.1. The molecule has 1 rings (SSSR count). The van der Waals surface area contributed by atoms with Gasteiger partial charge in [0.15, 0.2) is 0 Å². The molecule has 1 aromatic rings. The number of aliphatic carboxylic acids is 1. The summed E-state index contributed by atoms with van der Waals surface area (Å²) in [5.41, 5.74) is 0.886. The van der Waals surface area contributed by atoms with Crippen molar-refractivity contribution in [3.8, 4) is 0 Å². The molecule has 1 aromatic carbocycles. The summed E-state index contributed by atoms with van der Waals surface area (Å²) in [5.74, 6) is -0.992. The molecule has 0 atom stereocenters. The first-order valence-corrected chi connectivity index (χ1v) is 4.16. The van der Waals surface area contributed by atoms with Crippen molar-refractivity contribution >= 4 is 22.6 Å². The first-order valence-electron chi connectivity index (χ1n) is 3.78. The number of halogens is 1. The molecule has 3 heteroatoms. The Labute approximate surface area is 81.5 Å². The van der Waals surface area contributed by atoms with Crippen molar-refractivity contribution in [3.05, 3.63) is 41.5 Å². The molecule has 2 nitrogen and oxygen atoms in total. The second kappa shape index (κ2) is 4.10. The number of hydrogen-bond acceptors (Lipinski definition) is 1. The molecule has 0 fully saturated rings. The number of hydrogen-bond donors (Lipinski definition) is 1. The molecule has 68 valence electrons. The van der Waals surface area contributed by atoms with Gasteiger partial charge in [-0.2, -0.15) is 0 Å². The maximum absolute atomic E-state index is 10.6. The largest absolute Gasteiger partial charge is 0.478 e. The average Bonchev–Trinajstić information content (AvgIpc) is 2.17. The van der Waals surface area contributed by atoms with Crippen LogP contribution in [0.1, 0.15) is 12.5 Å². The van der Waals surface area contributed by atoms with Gasteiger partial charge in [0.2, 0.25) is 0 Å². The predicted octanol–water partition coefficient (Wildman–Crippen LogP) is 2.74. The zero-order chi connectivity index (χ0) is 9.84. The Bertz CT molecular complexity index is 341. The molecule has 0 saturated heterocycles. The molecule has 0 heterocycles. The van der Waals surface area contributed by atoms with E-state index in [1.165, 1.54) is 6.92 Å². The van der Waals surface area contributed by atoms with E-state index in [1.807, 2.05) is 18.2 Å². The Morgan fingerprint density at radius 1 is 1.31 bits per heavy atom. The first kappa shape index (κ1) is 9.81. The predicted molar refractivity (Wildman–Crippen MR) is 52.5 cm³/mol. The number of benzene rings is 1. The lowest BCUT2D eigenvalue weighted by molar-refractivity contribution is -0.132. The van der Waals surface area contributed by atoms with Crippen molar-refractivity contribution < 1.29 is 9.90 Å². The topological polar surface area (TPSA) is 37.3 Å². The van der Waals surface area contributed by atoms with E-state index in [0.717, 1.165) is 5.56 Å². The van der Waals surface area contributed by atoms with Crippen LogP contribution in [0.5, 0.6) is 0 Å². The van der Waals surface area contributed by atoms with Crippen LogP contribution in [0.2, 0.25) is 0 Å². The van der Waals surface area contributed by atoms with Gasteiger partial charge in [0, 0.05) is 0 Å². The van der Waals surface area contributed by atoms with Crippen LogP contribution in [0.3, 0.4) is 0 Å². The van der Waals surface area contributed by atoms with Crippen LogP contribution < -0.4 is 0 Å². The Balaban J connectivity index is 3.11. The van der Waals surface area contributed by atoms with Crippen molar-refractivity contribution in [1.82, 2.24) is 0 Å². The molecule has 13 heavy (non-hydrogen) atoms. The van der Waals surface area contributed by atoms with Crippen molar-refractivity contribution in [1.29, 1.82) is 0 Å². The van der Waals surface area contributed by atoms with Crippen LogP contribution in [-0.4, -0.2) is 11.1 Å². The first-order chi connectivity index (χ1) is 6.13. The normalized spacial score (nSPS) is 12.2. The summed E-state index contributed by atoms with van der Waals surface area (Å²) >= 11 is 5.85. The summed E-state index contributed by atoms with van der Waals surface area (Å²) in [6, 6.07) is 9.02. The SMILES string of the molecule is CC(C(=O)O)=C(Cl)c1ccccc1. The van der Waals surface area contributed by atoms with E-state index in [1.54, 1.807) is 12.1 Å². The van der Waals surface area contributed by atoms with Crippen molar-refractivity contribution in [2.45, 2.75) is 6.92 Å². The monoisotopic (exact) mass is 196 g/mol. The van der Waals surface area contributed by atoms with Crippen molar-refractivity contribution in [2.24, 2.45) is 0 Å². The lowest BCUT2D eigenvalue weighted by Crippen LogP contribution is -1.97. The minimum atomic E-state index is -0.992. The van der Waals surface area contributed by atoms with E-state index in [-0.39, 0.29) is 10.6 Å². The van der Waals surface area contributed by atoms with Crippen LogP contribution >= 0.6 is 11.6 Å². The quantitative estimate of drug-likeness (QED) is 0.739. The maximum Gasteiger partial charge on any atom is 0.332 e. The second-order valence-corrected chi connectivity index (χ2v) is 2.99. The fourth-order valence-electron chi connectivity index (χ4n) is 0.895. The van der Waals surface area contributed by atoms with Gasteiger partial charge in [0.05, 0.1) is 10.6 Å². The third kappa shape index (κ3) is 2.33.